The van der Waals surface area contributed by atoms with Crippen molar-refractivity contribution in [3.05, 3.63) is 70.2 Å². The van der Waals surface area contributed by atoms with E-state index < -0.39 is 0 Å². The van der Waals surface area contributed by atoms with Crippen LogP contribution >= 0.6 is 11.3 Å². The van der Waals surface area contributed by atoms with Crippen LogP contribution in [0.3, 0.4) is 0 Å². The summed E-state index contributed by atoms with van der Waals surface area (Å²) >= 11 is 1.44. The Morgan fingerprint density at radius 2 is 2.00 bits per heavy atom. The number of thiophene rings is 1. The molecule has 134 valence electrons. The maximum Gasteiger partial charge on any atom is 0.252 e. The predicted octanol–water partition coefficient (Wildman–Crippen LogP) is 2.85. The van der Waals surface area contributed by atoms with Crippen molar-refractivity contribution in [3.63, 3.8) is 0 Å². The van der Waals surface area contributed by atoms with Crippen molar-refractivity contribution < 1.29 is 9.59 Å². The second-order valence-corrected chi connectivity index (χ2v) is 6.70. The minimum absolute atomic E-state index is 0.0646. The average molecular weight is 368 g/mol. The molecule has 0 bridgehead atoms. The van der Waals surface area contributed by atoms with Crippen LogP contribution in [0, 0.1) is 6.92 Å². The van der Waals surface area contributed by atoms with Gasteiger partial charge >= 0.3 is 0 Å². The number of benzene rings is 1. The van der Waals surface area contributed by atoms with E-state index in [0.717, 1.165) is 16.9 Å². The van der Waals surface area contributed by atoms with Gasteiger partial charge in [-0.05, 0) is 37.4 Å². The van der Waals surface area contributed by atoms with E-state index in [1.165, 1.54) is 11.3 Å². The van der Waals surface area contributed by atoms with Crippen molar-refractivity contribution in [1.29, 1.82) is 0 Å². The summed E-state index contributed by atoms with van der Waals surface area (Å²) in [4.78, 5) is 24.0. The van der Waals surface area contributed by atoms with Gasteiger partial charge < -0.3 is 10.6 Å². The number of nitrogens with one attached hydrogen (secondary N) is 2. The average Bonchev–Trinajstić information content (AvgIpc) is 3.30. The lowest BCUT2D eigenvalue weighted by atomic mass is 10.1. The SMILES string of the molecule is Cc1c([C@@H](C)NC(=O)CNC(=O)c2ccsc2)cnn1-c1ccccc1. The first-order valence-electron chi connectivity index (χ1n) is 8.26. The van der Waals surface area contributed by atoms with E-state index in [1.807, 2.05) is 54.2 Å². The Hall–Kier alpha value is -2.93. The monoisotopic (exact) mass is 368 g/mol. The molecule has 1 aromatic carbocycles. The zero-order chi connectivity index (χ0) is 18.5. The Balaban J connectivity index is 1.59. The first-order valence-corrected chi connectivity index (χ1v) is 9.20. The van der Waals surface area contributed by atoms with Gasteiger partial charge in [-0.25, -0.2) is 4.68 Å². The van der Waals surface area contributed by atoms with Gasteiger partial charge in [0.2, 0.25) is 5.91 Å². The standard InChI is InChI=1S/C19H20N4O2S/c1-13(22-18(24)11-20-19(25)15-8-9-26-12-15)17-10-21-23(14(17)2)16-6-4-3-5-7-16/h3-10,12-13H,11H2,1-2H3,(H,20,25)(H,22,24)/t13-/m1/s1. The van der Waals surface area contributed by atoms with Crippen molar-refractivity contribution in [1.82, 2.24) is 20.4 Å². The van der Waals surface area contributed by atoms with Gasteiger partial charge in [-0.3, -0.25) is 9.59 Å². The third kappa shape index (κ3) is 4.00. The molecule has 3 aromatic rings. The summed E-state index contributed by atoms with van der Waals surface area (Å²) in [5.74, 6) is -0.491. The number of amides is 2. The molecule has 0 saturated carbocycles. The summed E-state index contributed by atoms with van der Waals surface area (Å²) in [5, 5.41) is 13.5. The third-order valence-electron chi connectivity index (χ3n) is 4.09. The Morgan fingerprint density at radius 1 is 1.23 bits per heavy atom. The molecule has 2 N–H and O–H groups in total. The van der Waals surface area contributed by atoms with Gasteiger partial charge in [-0.2, -0.15) is 16.4 Å². The highest BCUT2D eigenvalue weighted by Gasteiger charge is 2.17. The largest absolute Gasteiger partial charge is 0.348 e. The molecule has 0 saturated heterocycles. The second-order valence-electron chi connectivity index (χ2n) is 5.92. The van der Waals surface area contributed by atoms with Crippen LogP contribution in [0.5, 0.6) is 0 Å². The van der Waals surface area contributed by atoms with Gasteiger partial charge in [-0.15, -0.1) is 0 Å². The number of rotatable bonds is 6. The Kier molecular flexibility index (Phi) is 5.48. The lowest BCUT2D eigenvalue weighted by molar-refractivity contribution is -0.120. The molecule has 0 aliphatic heterocycles. The van der Waals surface area contributed by atoms with Crippen molar-refractivity contribution in [2.75, 3.05) is 6.54 Å². The molecule has 7 heteroatoms. The molecular weight excluding hydrogens is 348 g/mol. The van der Waals surface area contributed by atoms with E-state index >= 15 is 0 Å². The van der Waals surface area contributed by atoms with Crippen molar-refractivity contribution in [2.24, 2.45) is 0 Å². The van der Waals surface area contributed by atoms with E-state index in [4.69, 9.17) is 0 Å². The van der Waals surface area contributed by atoms with Gasteiger partial charge in [-0.1, -0.05) is 18.2 Å². The normalized spacial score (nSPS) is 11.8. The maximum absolute atomic E-state index is 12.1. The summed E-state index contributed by atoms with van der Waals surface area (Å²) < 4.78 is 1.84. The van der Waals surface area contributed by atoms with Crippen LogP contribution in [0.15, 0.2) is 53.4 Å². The molecule has 26 heavy (non-hydrogen) atoms. The number of hydrogen-bond acceptors (Lipinski definition) is 4. The van der Waals surface area contributed by atoms with Gasteiger partial charge in [0.05, 0.1) is 24.5 Å². The summed E-state index contributed by atoms with van der Waals surface area (Å²) in [7, 11) is 0. The number of nitrogens with zero attached hydrogens (tertiary/aromatic N) is 2. The topological polar surface area (TPSA) is 76.0 Å². The van der Waals surface area contributed by atoms with Crippen LogP contribution in [0.1, 0.15) is 34.6 Å². The molecule has 2 heterocycles. The van der Waals surface area contributed by atoms with Gasteiger partial charge in [0, 0.05) is 22.2 Å². The lowest BCUT2D eigenvalue weighted by Gasteiger charge is -2.14. The highest BCUT2D eigenvalue weighted by atomic mass is 32.1. The molecule has 2 aromatic heterocycles. The highest BCUT2D eigenvalue weighted by Crippen LogP contribution is 2.19. The first kappa shape index (κ1) is 17.9. The predicted molar refractivity (Wildman–Crippen MR) is 102 cm³/mol. The molecule has 6 nitrogen and oxygen atoms in total. The molecule has 0 aliphatic carbocycles. The molecule has 0 unspecified atom stereocenters. The lowest BCUT2D eigenvalue weighted by Crippen LogP contribution is -2.38. The smallest absolute Gasteiger partial charge is 0.252 e. The fourth-order valence-electron chi connectivity index (χ4n) is 2.70. The minimum Gasteiger partial charge on any atom is -0.348 e. The van der Waals surface area contributed by atoms with Crippen molar-refractivity contribution in [3.8, 4) is 5.69 Å². The first-order chi connectivity index (χ1) is 12.6. The Labute approximate surface area is 155 Å². The van der Waals surface area contributed by atoms with E-state index in [9.17, 15) is 9.59 Å². The fourth-order valence-corrected chi connectivity index (χ4v) is 3.34. The van der Waals surface area contributed by atoms with Crippen LogP contribution in [-0.2, 0) is 4.79 Å². The van der Waals surface area contributed by atoms with Crippen LogP contribution in [0.2, 0.25) is 0 Å². The fraction of sp³-hybridized carbons (Fsp3) is 0.211. The van der Waals surface area contributed by atoms with E-state index in [0.29, 0.717) is 5.56 Å². The van der Waals surface area contributed by atoms with Crippen LogP contribution in [0.25, 0.3) is 5.69 Å². The quantitative estimate of drug-likeness (QED) is 0.702. The Morgan fingerprint density at radius 3 is 2.69 bits per heavy atom. The van der Waals surface area contributed by atoms with Crippen molar-refractivity contribution >= 4 is 23.2 Å². The molecule has 0 spiro atoms. The Bertz CT molecular complexity index is 888. The van der Waals surface area contributed by atoms with E-state index in [1.54, 1.807) is 17.6 Å². The van der Waals surface area contributed by atoms with E-state index in [-0.39, 0.29) is 24.4 Å². The minimum atomic E-state index is -0.248. The molecule has 1 atom stereocenters. The van der Waals surface area contributed by atoms with Crippen molar-refractivity contribution in [2.45, 2.75) is 19.9 Å². The zero-order valence-corrected chi connectivity index (χ0v) is 15.4. The molecule has 2 amide bonds. The molecule has 0 aliphatic rings. The summed E-state index contributed by atoms with van der Waals surface area (Å²) in [6.45, 7) is 3.80. The van der Waals surface area contributed by atoms with Crippen LogP contribution in [0.4, 0.5) is 0 Å². The number of carbonyl (C=O) groups excluding carboxylic acids is 2. The summed E-state index contributed by atoms with van der Waals surface area (Å²) in [6.07, 6.45) is 1.76. The van der Waals surface area contributed by atoms with Crippen LogP contribution in [-0.4, -0.2) is 28.1 Å². The van der Waals surface area contributed by atoms with E-state index in [2.05, 4.69) is 15.7 Å². The number of carbonyl (C=O) groups is 2. The van der Waals surface area contributed by atoms with Gasteiger partial charge in [0.25, 0.3) is 5.91 Å². The molecule has 0 radical (unpaired) electrons. The summed E-state index contributed by atoms with van der Waals surface area (Å²) in [6, 6.07) is 11.3. The number of aromatic nitrogens is 2. The van der Waals surface area contributed by atoms with Crippen LogP contribution < -0.4 is 10.6 Å². The summed E-state index contributed by atoms with van der Waals surface area (Å²) in [5.41, 5.74) is 3.44. The number of hydrogen-bond donors (Lipinski definition) is 2. The second kappa shape index (κ2) is 7.97. The number of para-hydroxylation sites is 1. The van der Waals surface area contributed by atoms with Gasteiger partial charge in [0.15, 0.2) is 0 Å². The molecule has 3 rings (SSSR count). The maximum atomic E-state index is 12.1. The molecule has 0 fully saturated rings. The third-order valence-corrected chi connectivity index (χ3v) is 4.77. The highest BCUT2D eigenvalue weighted by molar-refractivity contribution is 7.08. The van der Waals surface area contributed by atoms with Gasteiger partial charge in [0.1, 0.15) is 0 Å². The molecular formula is C19H20N4O2S. The zero-order valence-electron chi connectivity index (χ0n) is 14.6.